The van der Waals surface area contributed by atoms with Crippen molar-refractivity contribution >= 4 is 29.4 Å². The highest BCUT2D eigenvalue weighted by molar-refractivity contribution is 5.98. The molecule has 2 aliphatic heterocycles. The summed E-state index contributed by atoms with van der Waals surface area (Å²) in [6.07, 6.45) is 0.648. The fourth-order valence-corrected chi connectivity index (χ4v) is 5.38. The second-order valence-corrected chi connectivity index (χ2v) is 10.4. The van der Waals surface area contributed by atoms with Crippen molar-refractivity contribution < 1.29 is 28.7 Å². The third kappa shape index (κ3) is 5.34. The zero-order valence-electron chi connectivity index (χ0n) is 21.8. The van der Waals surface area contributed by atoms with Crippen LogP contribution in [0.4, 0.5) is 10.1 Å². The van der Waals surface area contributed by atoms with Crippen LogP contribution >= 0.6 is 0 Å². The molecule has 0 saturated carbocycles. The summed E-state index contributed by atoms with van der Waals surface area (Å²) in [5.74, 6) is -2.89. The molecule has 2 N–H and O–H groups in total. The van der Waals surface area contributed by atoms with E-state index >= 15 is 0 Å². The van der Waals surface area contributed by atoms with E-state index in [-0.39, 0.29) is 43.1 Å². The van der Waals surface area contributed by atoms with Crippen molar-refractivity contribution in [3.8, 4) is 0 Å². The molecule has 2 aromatic carbocycles. The number of piperidine rings is 1. The lowest BCUT2D eigenvalue weighted by Crippen LogP contribution is -2.60. The number of hydrogen-bond acceptors (Lipinski definition) is 5. The first-order chi connectivity index (χ1) is 18.0. The lowest BCUT2D eigenvalue weighted by atomic mass is 9.85. The maximum Gasteiger partial charge on any atom is 0.323 e. The van der Waals surface area contributed by atoms with Crippen LogP contribution in [0.15, 0.2) is 48.5 Å². The summed E-state index contributed by atoms with van der Waals surface area (Å²) in [6, 6.07) is 12.6. The zero-order valence-corrected chi connectivity index (χ0v) is 21.8. The average molecular weight is 525 g/mol. The van der Waals surface area contributed by atoms with Crippen LogP contribution in [0.3, 0.4) is 0 Å². The predicted molar refractivity (Wildman–Crippen MR) is 139 cm³/mol. The molecular formula is C28H33FN4O5. The van der Waals surface area contributed by atoms with Gasteiger partial charge in [-0.05, 0) is 61.6 Å². The number of carboxylic acid groups (broad SMARTS) is 1. The number of carbonyl (C=O) groups excluding carboxylic acids is 3. The van der Waals surface area contributed by atoms with Crippen LogP contribution in [-0.2, 0) is 14.4 Å². The predicted octanol–water partition coefficient (Wildman–Crippen LogP) is 2.64. The number of hydrogen-bond donors (Lipinski definition) is 2. The Morgan fingerprint density at radius 1 is 1.08 bits per heavy atom. The van der Waals surface area contributed by atoms with Gasteiger partial charge in [0, 0.05) is 24.3 Å². The molecule has 1 atom stereocenters. The van der Waals surface area contributed by atoms with Crippen LogP contribution in [-0.4, -0.2) is 76.5 Å². The smallest absolute Gasteiger partial charge is 0.323 e. The third-order valence-corrected chi connectivity index (χ3v) is 7.33. The molecule has 202 valence electrons. The van der Waals surface area contributed by atoms with E-state index in [1.165, 1.54) is 11.0 Å². The molecule has 0 unspecified atom stereocenters. The van der Waals surface area contributed by atoms with E-state index < -0.39 is 35.8 Å². The van der Waals surface area contributed by atoms with E-state index in [0.717, 1.165) is 11.8 Å². The number of rotatable bonds is 7. The van der Waals surface area contributed by atoms with Crippen molar-refractivity contribution in [1.82, 2.24) is 15.1 Å². The second kappa shape index (κ2) is 10.8. The van der Waals surface area contributed by atoms with E-state index in [1.807, 2.05) is 49.1 Å². The molecule has 4 rings (SSSR count). The summed E-state index contributed by atoms with van der Waals surface area (Å²) in [5, 5.41) is 12.1. The standard InChI is InChI=1S/C28H33FN4O5/c1-18(2)24(30-25(36)20-13-19(3)14-21(29)15-20)26(37)31-11-9-28(10-12-31)27(38)32(16-23(34)35)17-33(28)22-7-5-4-6-8-22/h4-8,13-15,18,24H,9-12,16-17H2,1-3H3,(H,30,36)(H,34,35)/t24-/m1/s1. The number of nitrogens with one attached hydrogen (secondary N) is 1. The topological polar surface area (TPSA) is 110 Å². The van der Waals surface area contributed by atoms with Gasteiger partial charge in [0.1, 0.15) is 23.9 Å². The molecule has 2 saturated heterocycles. The fraction of sp³-hybridized carbons (Fsp3) is 0.429. The van der Waals surface area contributed by atoms with Gasteiger partial charge in [0.25, 0.3) is 11.8 Å². The highest BCUT2D eigenvalue weighted by atomic mass is 19.1. The van der Waals surface area contributed by atoms with Crippen LogP contribution in [0, 0.1) is 18.7 Å². The summed E-state index contributed by atoms with van der Waals surface area (Å²) < 4.78 is 13.8. The normalized spacial score (nSPS) is 17.7. The summed E-state index contributed by atoms with van der Waals surface area (Å²) >= 11 is 0. The van der Waals surface area contributed by atoms with Crippen LogP contribution in [0.1, 0.15) is 42.6 Å². The zero-order chi connectivity index (χ0) is 27.6. The van der Waals surface area contributed by atoms with Crippen molar-refractivity contribution in [1.29, 1.82) is 0 Å². The molecule has 2 aliphatic rings. The quantitative estimate of drug-likeness (QED) is 0.576. The minimum absolute atomic E-state index is 0.145. The highest BCUT2D eigenvalue weighted by Gasteiger charge is 2.54. The van der Waals surface area contributed by atoms with Gasteiger partial charge in [-0.3, -0.25) is 19.2 Å². The number of likely N-dealkylation sites (tertiary alicyclic amines) is 1. The second-order valence-electron chi connectivity index (χ2n) is 10.4. The number of amides is 3. The lowest BCUT2D eigenvalue weighted by molar-refractivity contribution is -0.145. The number of aryl methyl sites for hydroxylation is 1. The average Bonchev–Trinajstić information content (AvgIpc) is 3.12. The Morgan fingerprint density at radius 2 is 1.74 bits per heavy atom. The number of para-hydroxylation sites is 1. The SMILES string of the molecule is Cc1cc(F)cc(C(=O)N[C@@H](C(=O)N2CCC3(CC2)C(=O)N(CC(=O)O)CN3c2ccccc2)C(C)C)c1. The summed E-state index contributed by atoms with van der Waals surface area (Å²) in [6.45, 7) is 5.64. The minimum atomic E-state index is -1.08. The van der Waals surface area contributed by atoms with Crippen LogP contribution < -0.4 is 10.2 Å². The Kier molecular flexibility index (Phi) is 7.71. The number of nitrogens with zero attached hydrogens (tertiary/aromatic N) is 3. The monoisotopic (exact) mass is 524 g/mol. The highest BCUT2D eigenvalue weighted by Crippen LogP contribution is 2.39. The van der Waals surface area contributed by atoms with Gasteiger partial charge in [-0.1, -0.05) is 32.0 Å². The molecule has 0 bridgehead atoms. The summed E-state index contributed by atoms with van der Waals surface area (Å²) in [5.41, 5.74) is 0.604. The first kappa shape index (κ1) is 27.1. The lowest BCUT2D eigenvalue weighted by Gasteiger charge is -2.44. The van der Waals surface area contributed by atoms with E-state index in [2.05, 4.69) is 5.32 Å². The van der Waals surface area contributed by atoms with Crippen molar-refractivity contribution in [3.05, 3.63) is 65.5 Å². The van der Waals surface area contributed by atoms with Gasteiger partial charge in [0.2, 0.25) is 5.91 Å². The van der Waals surface area contributed by atoms with Crippen LogP contribution in [0.2, 0.25) is 0 Å². The Labute approximate surface area is 221 Å². The van der Waals surface area contributed by atoms with Gasteiger partial charge in [-0.15, -0.1) is 0 Å². The van der Waals surface area contributed by atoms with Gasteiger partial charge in [-0.2, -0.15) is 0 Å². The first-order valence-corrected chi connectivity index (χ1v) is 12.7. The molecule has 2 heterocycles. The largest absolute Gasteiger partial charge is 0.480 e. The van der Waals surface area contributed by atoms with Gasteiger partial charge in [0.05, 0.1) is 6.67 Å². The van der Waals surface area contributed by atoms with Crippen molar-refractivity contribution in [2.45, 2.75) is 45.2 Å². The van der Waals surface area contributed by atoms with Gasteiger partial charge >= 0.3 is 5.97 Å². The number of benzene rings is 2. The van der Waals surface area contributed by atoms with E-state index in [9.17, 15) is 28.7 Å². The number of anilines is 1. The molecule has 0 aliphatic carbocycles. The Morgan fingerprint density at radius 3 is 2.32 bits per heavy atom. The Hall–Kier alpha value is -3.95. The molecule has 2 fully saturated rings. The van der Waals surface area contributed by atoms with Crippen molar-refractivity contribution in [3.63, 3.8) is 0 Å². The maximum atomic E-state index is 13.8. The number of carbonyl (C=O) groups is 4. The van der Waals surface area contributed by atoms with Crippen molar-refractivity contribution in [2.75, 3.05) is 31.2 Å². The molecule has 0 aromatic heterocycles. The number of aliphatic carboxylic acids is 1. The van der Waals surface area contributed by atoms with E-state index in [1.54, 1.807) is 17.9 Å². The van der Waals surface area contributed by atoms with Crippen LogP contribution in [0.25, 0.3) is 0 Å². The third-order valence-electron chi connectivity index (χ3n) is 7.33. The fourth-order valence-electron chi connectivity index (χ4n) is 5.38. The maximum absolute atomic E-state index is 13.8. The molecule has 3 amide bonds. The molecular weight excluding hydrogens is 491 g/mol. The van der Waals surface area contributed by atoms with E-state index in [4.69, 9.17) is 0 Å². The minimum Gasteiger partial charge on any atom is -0.480 e. The first-order valence-electron chi connectivity index (χ1n) is 12.7. The molecule has 9 nitrogen and oxygen atoms in total. The van der Waals surface area contributed by atoms with E-state index in [0.29, 0.717) is 18.4 Å². The molecule has 10 heteroatoms. The molecule has 0 radical (unpaired) electrons. The molecule has 38 heavy (non-hydrogen) atoms. The number of halogens is 1. The van der Waals surface area contributed by atoms with Crippen molar-refractivity contribution in [2.24, 2.45) is 5.92 Å². The Balaban J connectivity index is 1.51. The van der Waals surface area contributed by atoms with Gasteiger partial charge < -0.3 is 25.1 Å². The van der Waals surface area contributed by atoms with Crippen LogP contribution in [0.5, 0.6) is 0 Å². The summed E-state index contributed by atoms with van der Waals surface area (Å²) in [7, 11) is 0. The number of carboxylic acids is 1. The van der Waals surface area contributed by atoms with Gasteiger partial charge in [0.15, 0.2) is 0 Å². The summed E-state index contributed by atoms with van der Waals surface area (Å²) in [4.78, 5) is 56.2. The Bertz CT molecular complexity index is 1210. The van der Waals surface area contributed by atoms with Gasteiger partial charge in [-0.25, -0.2) is 4.39 Å². The molecule has 2 aromatic rings. The molecule has 1 spiro atoms.